The number of carbonyl (C=O) groups is 1. The van der Waals surface area contributed by atoms with Crippen molar-refractivity contribution < 1.29 is 26.4 Å². The number of hydrogen-bond donors (Lipinski definition) is 1. The van der Waals surface area contributed by atoms with E-state index >= 15 is 0 Å². The average Bonchev–Trinajstić information content (AvgIpc) is 3.20. The average molecular weight is 462 g/mol. The second-order valence-corrected chi connectivity index (χ2v) is 9.95. The van der Waals surface area contributed by atoms with Crippen LogP contribution in [0.4, 0.5) is 13.2 Å². The summed E-state index contributed by atoms with van der Waals surface area (Å²) in [7, 11) is -5.41. The number of aryl methyl sites for hydroxylation is 1. The van der Waals surface area contributed by atoms with Gasteiger partial charge in [0.15, 0.2) is 0 Å². The summed E-state index contributed by atoms with van der Waals surface area (Å²) in [5, 5.41) is 2.28. The first-order valence-electron chi connectivity index (χ1n) is 8.04. The second kappa shape index (κ2) is 7.84. The van der Waals surface area contributed by atoms with Gasteiger partial charge in [-0.05, 0) is 24.6 Å². The van der Waals surface area contributed by atoms with Crippen molar-refractivity contribution >= 4 is 38.3 Å². The van der Waals surface area contributed by atoms with Crippen LogP contribution in [0.5, 0.6) is 0 Å². The van der Waals surface area contributed by atoms with Crippen LogP contribution in [0.3, 0.4) is 0 Å². The molecule has 3 rings (SSSR count). The van der Waals surface area contributed by atoms with E-state index in [1.54, 1.807) is 12.3 Å². The fourth-order valence-electron chi connectivity index (χ4n) is 2.52. The first-order chi connectivity index (χ1) is 13.5. The molecule has 2 aromatic heterocycles. The molecule has 0 fully saturated rings. The van der Waals surface area contributed by atoms with Gasteiger partial charge in [0.1, 0.15) is 10.8 Å². The lowest BCUT2D eigenvalue weighted by atomic mass is 10.1. The molecule has 0 aliphatic carbocycles. The maximum absolute atomic E-state index is 12.6. The van der Waals surface area contributed by atoms with E-state index in [2.05, 4.69) is 9.97 Å². The number of nitrogens with one attached hydrogen (secondary N) is 1. The molecular formula is C17H13F3N2O4S3. The SMILES string of the molecule is Cc1[nH]c(=O)sc1-c1csc(CC(=O)Cc2ccc(S(=O)(=O)C(F)(F)F)cc2)n1. The molecule has 0 bridgehead atoms. The van der Waals surface area contributed by atoms with Gasteiger partial charge in [-0.3, -0.25) is 9.59 Å². The number of alkyl halides is 3. The number of ketones is 1. The van der Waals surface area contributed by atoms with E-state index in [9.17, 15) is 31.2 Å². The number of nitrogens with zero attached hydrogens (tertiary/aromatic N) is 1. The van der Waals surface area contributed by atoms with E-state index in [1.165, 1.54) is 23.5 Å². The van der Waals surface area contributed by atoms with Crippen LogP contribution in [0.15, 0.2) is 39.3 Å². The number of H-pyrrole nitrogens is 1. The first-order valence-corrected chi connectivity index (χ1v) is 11.2. The lowest BCUT2D eigenvalue weighted by Crippen LogP contribution is -2.23. The van der Waals surface area contributed by atoms with Gasteiger partial charge in [0, 0.05) is 17.5 Å². The van der Waals surface area contributed by atoms with Crippen LogP contribution >= 0.6 is 22.7 Å². The minimum Gasteiger partial charge on any atom is -0.316 e. The fourth-order valence-corrected chi connectivity index (χ4v) is 4.98. The highest BCUT2D eigenvalue weighted by Gasteiger charge is 2.46. The zero-order chi connectivity index (χ0) is 21.4. The van der Waals surface area contributed by atoms with Crippen LogP contribution in [0.25, 0.3) is 10.6 Å². The Morgan fingerprint density at radius 1 is 1.17 bits per heavy atom. The highest BCUT2D eigenvalue weighted by atomic mass is 32.2. The minimum absolute atomic E-state index is 0.0195. The van der Waals surface area contributed by atoms with Gasteiger partial charge in [0.2, 0.25) is 0 Å². The summed E-state index contributed by atoms with van der Waals surface area (Å²) in [6.07, 6.45) is -0.0522. The molecule has 0 aliphatic rings. The van der Waals surface area contributed by atoms with Gasteiger partial charge in [-0.2, -0.15) is 13.2 Å². The normalized spacial score (nSPS) is 12.3. The number of carbonyl (C=O) groups excluding carboxylic acids is 1. The molecule has 1 aromatic carbocycles. The molecule has 0 atom stereocenters. The molecule has 0 aliphatic heterocycles. The fraction of sp³-hybridized carbons (Fsp3) is 0.235. The van der Waals surface area contributed by atoms with Crippen molar-refractivity contribution in [3.05, 3.63) is 55.6 Å². The van der Waals surface area contributed by atoms with Crippen LogP contribution in [0.2, 0.25) is 0 Å². The van der Waals surface area contributed by atoms with Crippen molar-refractivity contribution in [2.45, 2.75) is 30.2 Å². The summed E-state index contributed by atoms with van der Waals surface area (Å²) in [6, 6.07) is 4.04. The van der Waals surface area contributed by atoms with E-state index in [0.717, 1.165) is 23.5 Å². The number of thiazole rings is 2. The predicted molar refractivity (Wildman–Crippen MR) is 103 cm³/mol. The number of aromatic nitrogens is 2. The second-order valence-electron chi connectivity index (χ2n) is 6.08. The first kappa shape index (κ1) is 21.4. The monoisotopic (exact) mass is 462 g/mol. The number of halogens is 3. The minimum atomic E-state index is -5.41. The molecule has 1 N–H and O–H groups in total. The van der Waals surface area contributed by atoms with E-state index in [1.807, 2.05) is 0 Å². The molecule has 12 heteroatoms. The Morgan fingerprint density at radius 3 is 2.38 bits per heavy atom. The van der Waals surface area contributed by atoms with Crippen LogP contribution in [-0.2, 0) is 27.5 Å². The van der Waals surface area contributed by atoms with Crippen molar-refractivity contribution in [3.63, 3.8) is 0 Å². The van der Waals surface area contributed by atoms with Gasteiger partial charge in [0.25, 0.3) is 9.84 Å². The van der Waals surface area contributed by atoms with E-state index < -0.39 is 20.2 Å². The van der Waals surface area contributed by atoms with Crippen molar-refractivity contribution in [1.29, 1.82) is 0 Å². The summed E-state index contributed by atoms with van der Waals surface area (Å²) < 4.78 is 60.4. The maximum Gasteiger partial charge on any atom is 0.501 e. The Hall–Kier alpha value is -2.31. The molecule has 29 heavy (non-hydrogen) atoms. The van der Waals surface area contributed by atoms with Gasteiger partial charge >= 0.3 is 10.4 Å². The Balaban J connectivity index is 1.67. The van der Waals surface area contributed by atoms with E-state index in [4.69, 9.17) is 0 Å². The molecule has 0 radical (unpaired) electrons. The van der Waals surface area contributed by atoms with Gasteiger partial charge in [0.05, 0.1) is 21.9 Å². The molecule has 0 saturated carbocycles. The summed E-state index contributed by atoms with van der Waals surface area (Å²) >= 11 is 2.29. The van der Waals surface area contributed by atoms with Crippen LogP contribution < -0.4 is 4.87 Å². The molecule has 6 nitrogen and oxygen atoms in total. The lowest BCUT2D eigenvalue weighted by Gasteiger charge is -2.08. The van der Waals surface area contributed by atoms with Gasteiger partial charge < -0.3 is 4.98 Å². The number of sulfone groups is 1. The quantitative estimate of drug-likeness (QED) is 0.605. The van der Waals surface area contributed by atoms with Crippen LogP contribution in [0, 0.1) is 6.92 Å². The topological polar surface area (TPSA) is 97.0 Å². The van der Waals surface area contributed by atoms with E-state index in [0.29, 0.717) is 26.8 Å². The van der Waals surface area contributed by atoms with Crippen LogP contribution in [0.1, 0.15) is 16.3 Å². The zero-order valence-corrected chi connectivity index (χ0v) is 17.2. The van der Waals surface area contributed by atoms with Crippen molar-refractivity contribution in [2.24, 2.45) is 0 Å². The lowest BCUT2D eigenvalue weighted by molar-refractivity contribution is -0.117. The number of benzene rings is 1. The number of Topliss-reactive ketones (excluding diaryl/α,β-unsaturated/α-hetero) is 1. The Kier molecular flexibility index (Phi) is 5.79. The molecular weight excluding hydrogens is 449 g/mol. The van der Waals surface area contributed by atoms with E-state index in [-0.39, 0.29) is 23.5 Å². The van der Waals surface area contributed by atoms with Gasteiger partial charge in [-0.25, -0.2) is 13.4 Å². The highest BCUT2D eigenvalue weighted by molar-refractivity contribution is 7.92. The maximum atomic E-state index is 12.6. The number of aromatic amines is 1. The highest BCUT2D eigenvalue weighted by Crippen LogP contribution is 2.30. The Morgan fingerprint density at radius 2 is 1.83 bits per heavy atom. The number of hydrogen-bond acceptors (Lipinski definition) is 7. The predicted octanol–water partition coefficient (Wildman–Crippen LogP) is 3.52. The third-order valence-corrected chi connectivity index (χ3v) is 7.26. The largest absolute Gasteiger partial charge is 0.501 e. The molecule has 0 saturated heterocycles. The third kappa shape index (κ3) is 4.65. The molecule has 3 aromatic rings. The molecule has 154 valence electrons. The molecule has 0 unspecified atom stereocenters. The summed E-state index contributed by atoms with van der Waals surface area (Å²) in [6.45, 7) is 1.75. The summed E-state index contributed by atoms with van der Waals surface area (Å²) in [5.41, 5.74) is -3.69. The smallest absolute Gasteiger partial charge is 0.316 e. The Labute approximate surface area is 171 Å². The molecule has 0 spiro atoms. The summed E-state index contributed by atoms with van der Waals surface area (Å²) in [5.74, 6) is -0.226. The van der Waals surface area contributed by atoms with Crippen molar-refractivity contribution in [1.82, 2.24) is 9.97 Å². The molecule has 0 amide bonds. The van der Waals surface area contributed by atoms with Gasteiger partial charge in [-0.15, -0.1) is 11.3 Å². The van der Waals surface area contributed by atoms with Crippen LogP contribution in [-0.4, -0.2) is 29.7 Å². The van der Waals surface area contributed by atoms with Gasteiger partial charge in [-0.1, -0.05) is 23.5 Å². The van der Waals surface area contributed by atoms with Crippen molar-refractivity contribution in [3.8, 4) is 10.6 Å². The Bertz CT molecular complexity index is 1210. The molecule has 2 heterocycles. The zero-order valence-electron chi connectivity index (χ0n) is 14.7. The van der Waals surface area contributed by atoms with Crippen molar-refractivity contribution in [2.75, 3.05) is 0 Å². The number of rotatable bonds is 6. The third-order valence-electron chi connectivity index (χ3n) is 3.90. The summed E-state index contributed by atoms with van der Waals surface area (Å²) in [4.78, 5) is 30.3. The standard InChI is InChI=1S/C17H13F3N2O4S3/c1-9-15(28-16(24)21-9)13-8-27-14(22-13)7-11(23)6-10-2-4-12(5-3-10)29(25,26)17(18,19)20/h2-5,8H,6-7H2,1H3,(H,21,24).